The molecule has 0 aliphatic carbocycles. The molecule has 0 saturated carbocycles. The first kappa shape index (κ1) is 20.4. The number of aromatic nitrogens is 1. The summed E-state index contributed by atoms with van der Waals surface area (Å²) in [6, 6.07) is 5.68. The molecule has 1 atom stereocenters. The number of benzene rings is 1. The van der Waals surface area contributed by atoms with Gasteiger partial charge >= 0.3 is 0 Å². The molecule has 2 heterocycles. The van der Waals surface area contributed by atoms with E-state index >= 15 is 0 Å². The Morgan fingerprint density at radius 2 is 2.15 bits per heavy atom. The maximum Gasteiger partial charge on any atom is 0.239 e. The highest BCUT2D eigenvalue weighted by molar-refractivity contribution is 5.88. The van der Waals surface area contributed by atoms with E-state index in [1.165, 1.54) is 0 Å². The van der Waals surface area contributed by atoms with E-state index in [1.54, 1.807) is 14.2 Å². The fourth-order valence-electron chi connectivity index (χ4n) is 3.01. The number of morpholine rings is 1. The summed E-state index contributed by atoms with van der Waals surface area (Å²) in [6.45, 7) is 2.46. The van der Waals surface area contributed by atoms with Gasteiger partial charge in [-0.2, -0.15) is 0 Å². The molecule has 2 aromatic rings. The van der Waals surface area contributed by atoms with Crippen LogP contribution in [-0.2, 0) is 16.0 Å². The van der Waals surface area contributed by atoms with Gasteiger partial charge in [-0.3, -0.25) is 4.79 Å². The maximum absolute atomic E-state index is 12.0. The van der Waals surface area contributed by atoms with Crippen molar-refractivity contribution in [3.05, 3.63) is 23.9 Å². The van der Waals surface area contributed by atoms with Crippen LogP contribution in [0.3, 0.4) is 0 Å². The maximum atomic E-state index is 12.0. The summed E-state index contributed by atoms with van der Waals surface area (Å²) in [5, 5.41) is 7.14. The molecule has 1 aromatic carbocycles. The molecule has 0 spiro atoms. The van der Waals surface area contributed by atoms with Gasteiger partial charge in [0.1, 0.15) is 17.5 Å². The molecule has 0 bridgehead atoms. The van der Waals surface area contributed by atoms with Gasteiger partial charge in [0.25, 0.3) is 0 Å². The summed E-state index contributed by atoms with van der Waals surface area (Å²) in [7, 11) is 3.29. The van der Waals surface area contributed by atoms with Crippen molar-refractivity contribution in [1.82, 2.24) is 15.6 Å². The number of amides is 1. The van der Waals surface area contributed by atoms with Gasteiger partial charge in [-0.05, 0) is 18.9 Å². The number of aromatic amines is 1. The highest BCUT2D eigenvalue weighted by atomic mass is 35.5. The van der Waals surface area contributed by atoms with Crippen LogP contribution in [0.15, 0.2) is 18.2 Å². The zero-order valence-electron chi connectivity index (χ0n) is 15.1. The summed E-state index contributed by atoms with van der Waals surface area (Å²) in [6.07, 6.45) is 1.70. The molecule has 8 heteroatoms. The molecule has 1 saturated heterocycles. The molecule has 3 rings (SSSR count). The van der Waals surface area contributed by atoms with Gasteiger partial charge in [0.15, 0.2) is 0 Å². The zero-order chi connectivity index (χ0) is 17.6. The van der Waals surface area contributed by atoms with Gasteiger partial charge in [-0.1, -0.05) is 0 Å². The monoisotopic (exact) mass is 383 g/mol. The number of ether oxygens (including phenoxy) is 3. The third kappa shape index (κ3) is 4.81. The number of hydrogen-bond donors (Lipinski definition) is 3. The van der Waals surface area contributed by atoms with E-state index in [4.69, 9.17) is 14.2 Å². The zero-order valence-corrected chi connectivity index (χ0v) is 15.9. The molecule has 7 nitrogen and oxygen atoms in total. The highest BCUT2D eigenvalue weighted by Crippen LogP contribution is 2.31. The minimum absolute atomic E-state index is 0. The summed E-state index contributed by atoms with van der Waals surface area (Å²) in [5.74, 6) is 1.54. The van der Waals surface area contributed by atoms with Crippen LogP contribution in [-0.4, -0.2) is 57.5 Å². The number of nitrogens with one attached hydrogen (secondary N) is 3. The van der Waals surface area contributed by atoms with E-state index in [0.29, 0.717) is 19.8 Å². The second-order valence-electron chi connectivity index (χ2n) is 6.06. The molecule has 1 unspecified atom stereocenters. The second-order valence-corrected chi connectivity index (χ2v) is 6.06. The lowest BCUT2D eigenvalue weighted by Gasteiger charge is -2.22. The third-order valence-corrected chi connectivity index (χ3v) is 4.35. The van der Waals surface area contributed by atoms with Gasteiger partial charge in [-0.15, -0.1) is 12.4 Å². The van der Waals surface area contributed by atoms with E-state index in [0.717, 1.165) is 47.5 Å². The Labute approximate surface area is 159 Å². The lowest BCUT2D eigenvalue weighted by molar-refractivity contribution is -0.125. The van der Waals surface area contributed by atoms with Crippen LogP contribution in [0.1, 0.15) is 12.1 Å². The van der Waals surface area contributed by atoms with Crippen molar-refractivity contribution >= 4 is 29.2 Å². The number of rotatable bonds is 7. The minimum Gasteiger partial charge on any atom is -0.497 e. The van der Waals surface area contributed by atoms with Crippen LogP contribution in [0.4, 0.5) is 0 Å². The summed E-state index contributed by atoms with van der Waals surface area (Å²) >= 11 is 0. The third-order valence-electron chi connectivity index (χ3n) is 4.35. The van der Waals surface area contributed by atoms with E-state index in [1.807, 2.05) is 12.1 Å². The molecular weight excluding hydrogens is 358 g/mol. The molecule has 1 aliphatic rings. The predicted octanol–water partition coefficient (Wildman–Crippen LogP) is 1.64. The lowest BCUT2D eigenvalue weighted by Crippen LogP contribution is -2.51. The van der Waals surface area contributed by atoms with Crippen molar-refractivity contribution in [2.75, 3.05) is 40.5 Å². The second kappa shape index (κ2) is 9.66. The topological polar surface area (TPSA) is 84.6 Å². The SMILES string of the molecule is COc1cc(OC)c2cc(CCCNC(=O)C3COCCN3)[nH]c2c1.Cl. The molecule has 1 aromatic heterocycles. The van der Waals surface area contributed by atoms with Crippen LogP contribution in [0.2, 0.25) is 0 Å². The fraction of sp³-hybridized carbons (Fsp3) is 0.500. The molecule has 1 aliphatic heterocycles. The molecular formula is C18H26ClN3O4. The largest absolute Gasteiger partial charge is 0.497 e. The van der Waals surface area contributed by atoms with Crippen LogP contribution < -0.4 is 20.1 Å². The highest BCUT2D eigenvalue weighted by Gasteiger charge is 2.20. The Morgan fingerprint density at radius 3 is 2.85 bits per heavy atom. The van der Waals surface area contributed by atoms with Crippen molar-refractivity contribution in [2.24, 2.45) is 0 Å². The summed E-state index contributed by atoms with van der Waals surface area (Å²) < 4.78 is 16.0. The number of carbonyl (C=O) groups is 1. The first-order valence-electron chi connectivity index (χ1n) is 8.53. The number of fused-ring (bicyclic) bond motifs is 1. The molecule has 0 radical (unpaired) electrons. The van der Waals surface area contributed by atoms with E-state index in [2.05, 4.69) is 21.7 Å². The smallest absolute Gasteiger partial charge is 0.239 e. The van der Waals surface area contributed by atoms with Gasteiger partial charge in [-0.25, -0.2) is 0 Å². The molecule has 26 heavy (non-hydrogen) atoms. The Hall–Kier alpha value is -1.96. The van der Waals surface area contributed by atoms with E-state index in [9.17, 15) is 4.79 Å². The first-order chi connectivity index (χ1) is 12.2. The number of methoxy groups -OCH3 is 2. The Bertz CT molecular complexity index is 729. The first-order valence-corrected chi connectivity index (χ1v) is 8.53. The Balaban J connectivity index is 0.00000243. The Morgan fingerprint density at radius 1 is 1.31 bits per heavy atom. The van der Waals surface area contributed by atoms with Gasteiger partial charge in [0.05, 0.1) is 33.0 Å². The average molecular weight is 384 g/mol. The van der Waals surface area contributed by atoms with Gasteiger partial charge in [0.2, 0.25) is 5.91 Å². The minimum atomic E-state index is -0.237. The molecule has 1 fully saturated rings. The summed E-state index contributed by atoms with van der Waals surface area (Å²) in [5.41, 5.74) is 2.09. The van der Waals surface area contributed by atoms with Crippen molar-refractivity contribution in [3.63, 3.8) is 0 Å². The predicted molar refractivity (Wildman–Crippen MR) is 103 cm³/mol. The molecule has 144 valence electrons. The van der Waals surface area contributed by atoms with Crippen LogP contribution in [0.5, 0.6) is 11.5 Å². The quantitative estimate of drug-likeness (QED) is 0.633. The molecule has 3 N–H and O–H groups in total. The number of aryl methyl sites for hydroxylation is 1. The number of halogens is 1. The number of hydrogen-bond acceptors (Lipinski definition) is 5. The summed E-state index contributed by atoms with van der Waals surface area (Å²) in [4.78, 5) is 15.4. The fourth-order valence-corrected chi connectivity index (χ4v) is 3.01. The van der Waals surface area contributed by atoms with Crippen molar-refractivity contribution in [3.8, 4) is 11.5 Å². The normalized spacial score (nSPS) is 16.8. The van der Waals surface area contributed by atoms with Crippen molar-refractivity contribution in [1.29, 1.82) is 0 Å². The number of carbonyl (C=O) groups excluding carboxylic acids is 1. The van der Waals surface area contributed by atoms with Crippen molar-refractivity contribution in [2.45, 2.75) is 18.9 Å². The van der Waals surface area contributed by atoms with Crippen LogP contribution >= 0.6 is 12.4 Å². The van der Waals surface area contributed by atoms with Crippen LogP contribution in [0.25, 0.3) is 10.9 Å². The number of H-pyrrole nitrogens is 1. The lowest BCUT2D eigenvalue weighted by atomic mass is 10.2. The van der Waals surface area contributed by atoms with E-state index < -0.39 is 0 Å². The molecule has 1 amide bonds. The van der Waals surface area contributed by atoms with Crippen molar-refractivity contribution < 1.29 is 19.0 Å². The standard InChI is InChI=1S/C18H25N3O4.ClH/c1-23-13-9-15-14(17(10-13)24-2)8-12(21-15)4-3-5-20-18(22)16-11-25-7-6-19-16;/h8-10,16,19,21H,3-7,11H2,1-2H3,(H,20,22);1H. The van der Waals surface area contributed by atoms with Gasteiger partial charge < -0.3 is 29.8 Å². The van der Waals surface area contributed by atoms with Crippen LogP contribution in [0, 0.1) is 0 Å². The Kier molecular flexibility index (Phi) is 7.56. The van der Waals surface area contributed by atoms with Gasteiger partial charge in [0, 0.05) is 36.3 Å². The average Bonchev–Trinajstić information content (AvgIpc) is 3.07. The van der Waals surface area contributed by atoms with E-state index in [-0.39, 0.29) is 24.4 Å².